The van der Waals surface area contributed by atoms with Gasteiger partial charge in [-0.1, -0.05) is 18.2 Å². The Morgan fingerprint density at radius 2 is 2.05 bits per heavy atom. The van der Waals surface area contributed by atoms with Gasteiger partial charge in [0.2, 0.25) is 0 Å². The molecule has 1 aromatic carbocycles. The van der Waals surface area contributed by atoms with Gasteiger partial charge in [-0.15, -0.1) is 11.3 Å². The number of β-amino-alcohol motifs (C(OH)–C–C–N with tert-alkyl or cyclic N) is 1. The molecule has 4 nitrogen and oxygen atoms in total. The fourth-order valence-electron chi connectivity index (χ4n) is 2.78. The molecule has 2 atom stereocenters. The minimum absolute atomic E-state index is 0.0291. The number of aliphatic hydroxyl groups is 2. The maximum atomic E-state index is 12.5. The second-order valence-corrected chi connectivity index (χ2v) is 6.55. The Balaban J connectivity index is 1.70. The van der Waals surface area contributed by atoms with Crippen molar-refractivity contribution >= 4 is 17.2 Å². The van der Waals surface area contributed by atoms with Crippen LogP contribution in [-0.4, -0.2) is 46.8 Å². The number of carbonyl (C=O) groups excluding carboxylic acids is 1. The molecule has 2 N–H and O–H groups in total. The van der Waals surface area contributed by atoms with Gasteiger partial charge < -0.3 is 15.1 Å². The van der Waals surface area contributed by atoms with Gasteiger partial charge in [-0.2, -0.15) is 0 Å². The zero-order chi connectivity index (χ0) is 15.5. The number of aliphatic hydroxyl groups excluding tert-OH is 2. The highest BCUT2D eigenvalue weighted by Crippen LogP contribution is 2.25. The second-order valence-electron chi connectivity index (χ2n) is 5.60. The molecule has 1 amide bonds. The van der Waals surface area contributed by atoms with E-state index < -0.39 is 6.10 Å². The smallest absolute Gasteiger partial charge is 0.253 e. The summed E-state index contributed by atoms with van der Waals surface area (Å²) in [6.45, 7) is 0.837. The Labute approximate surface area is 133 Å². The molecule has 0 radical (unpaired) electrons. The molecule has 1 saturated heterocycles. The Kier molecular flexibility index (Phi) is 4.57. The lowest BCUT2D eigenvalue weighted by Crippen LogP contribution is -2.47. The second kappa shape index (κ2) is 6.60. The number of benzene rings is 1. The molecule has 0 saturated carbocycles. The summed E-state index contributed by atoms with van der Waals surface area (Å²) in [6.07, 6.45) is -0.00968. The Morgan fingerprint density at radius 3 is 2.64 bits per heavy atom. The van der Waals surface area contributed by atoms with Gasteiger partial charge in [0.05, 0.1) is 6.10 Å². The number of nitrogens with zero attached hydrogens (tertiary/aromatic N) is 1. The minimum atomic E-state index is -0.645. The topological polar surface area (TPSA) is 60.8 Å². The van der Waals surface area contributed by atoms with Crippen molar-refractivity contribution in [3.05, 3.63) is 47.3 Å². The number of amides is 1. The van der Waals surface area contributed by atoms with Gasteiger partial charge in [-0.05, 0) is 35.6 Å². The van der Waals surface area contributed by atoms with Crippen LogP contribution in [0.4, 0.5) is 0 Å². The van der Waals surface area contributed by atoms with Crippen molar-refractivity contribution in [2.45, 2.75) is 12.5 Å². The maximum absolute atomic E-state index is 12.5. The highest BCUT2D eigenvalue weighted by atomic mass is 32.1. The van der Waals surface area contributed by atoms with Crippen molar-refractivity contribution in [2.24, 2.45) is 5.92 Å². The lowest BCUT2D eigenvalue weighted by molar-refractivity contribution is 0.000878. The van der Waals surface area contributed by atoms with E-state index in [1.54, 1.807) is 16.2 Å². The Morgan fingerprint density at radius 1 is 1.27 bits per heavy atom. The van der Waals surface area contributed by atoms with Crippen LogP contribution in [0.5, 0.6) is 0 Å². The number of thiophene rings is 1. The van der Waals surface area contributed by atoms with E-state index in [0.29, 0.717) is 18.5 Å². The molecule has 5 heteroatoms. The lowest BCUT2D eigenvalue weighted by Gasteiger charge is -2.35. The standard InChI is InChI=1S/C17H19NO3S/c19-11-14-7-8-18(10-15(14)20)17(21)13-5-3-12(4-6-13)16-2-1-9-22-16/h1-6,9,14-15,19-20H,7-8,10-11H2/t14-,15-/m1/s1. The summed E-state index contributed by atoms with van der Waals surface area (Å²) in [5, 5.41) is 21.1. The predicted molar refractivity (Wildman–Crippen MR) is 86.9 cm³/mol. The monoisotopic (exact) mass is 317 g/mol. The predicted octanol–water partition coefficient (Wildman–Crippen LogP) is 2.23. The molecule has 1 fully saturated rings. The van der Waals surface area contributed by atoms with E-state index in [1.807, 2.05) is 35.7 Å². The maximum Gasteiger partial charge on any atom is 0.253 e. The normalized spacial score (nSPS) is 21.8. The number of likely N-dealkylation sites (tertiary alicyclic amines) is 1. The largest absolute Gasteiger partial charge is 0.396 e. The third-order valence-electron chi connectivity index (χ3n) is 4.18. The summed E-state index contributed by atoms with van der Waals surface area (Å²) in [4.78, 5) is 15.3. The fraction of sp³-hybridized carbons (Fsp3) is 0.353. The van der Waals surface area contributed by atoms with Crippen molar-refractivity contribution in [3.63, 3.8) is 0 Å². The third-order valence-corrected chi connectivity index (χ3v) is 5.10. The number of hydrogen-bond acceptors (Lipinski definition) is 4. The van der Waals surface area contributed by atoms with E-state index in [9.17, 15) is 9.90 Å². The van der Waals surface area contributed by atoms with Crippen LogP contribution < -0.4 is 0 Å². The first-order chi connectivity index (χ1) is 10.7. The van der Waals surface area contributed by atoms with E-state index in [-0.39, 0.29) is 25.0 Å². The van der Waals surface area contributed by atoms with Crippen molar-refractivity contribution in [1.82, 2.24) is 4.90 Å². The summed E-state index contributed by atoms with van der Waals surface area (Å²) in [5.74, 6) is -0.182. The average molecular weight is 317 g/mol. The number of piperidine rings is 1. The van der Waals surface area contributed by atoms with Gasteiger partial charge in [-0.3, -0.25) is 4.79 Å². The molecule has 2 heterocycles. The van der Waals surface area contributed by atoms with Gasteiger partial charge in [0.1, 0.15) is 0 Å². The number of hydrogen-bond donors (Lipinski definition) is 2. The van der Waals surface area contributed by atoms with Crippen molar-refractivity contribution in [1.29, 1.82) is 0 Å². The lowest BCUT2D eigenvalue weighted by atomic mass is 9.94. The van der Waals surface area contributed by atoms with Crippen LogP contribution >= 0.6 is 11.3 Å². The van der Waals surface area contributed by atoms with Crippen LogP contribution in [0.3, 0.4) is 0 Å². The molecular formula is C17H19NO3S. The van der Waals surface area contributed by atoms with Gasteiger partial charge in [-0.25, -0.2) is 0 Å². The van der Waals surface area contributed by atoms with Gasteiger partial charge in [0.15, 0.2) is 0 Å². The molecule has 0 aliphatic carbocycles. The molecule has 116 valence electrons. The summed E-state index contributed by atoms with van der Waals surface area (Å²) in [5.41, 5.74) is 1.74. The van der Waals surface area contributed by atoms with Crippen LogP contribution in [0.25, 0.3) is 10.4 Å². The summed E-state index contributed by atoms with van der Waals surface area (Å²) < 4.78 is 0. The molecule has 2 aromatic rings. The van der Waals surface area contributed by atoms with E-state index in [1.165, 1.54) is 4.88 Å². The highest BCUT2D eigenvalue weighted by molar-refractivity contribution is 7.13. The molecule has 1 aliphatic rings. The van der Waals surface area contributed by atoms with Crippen LogP contribution in [0.15, 0.2) is 41.8 Å². The van der Waals surface area contributed by atoms with E-state index >= 15 is 0 Å². The molecule has 3 rings (SSSR count). The molecule has 1 aliphatic heterocycles. The number of carbonyl (C=O) groups is 1. The van der Waals surface area contributed by atoms with Crippen LogP contribution in [0.2, 0.25) is 0 Å². The zero-order valence-electron chi connectivity index (χ0n) is 12.2. The van der Waals surface area contributed by atoms with Crippen LogP contribution in [-0.2, 0) is 0 Å². The Bertz CT molecular complexity index is 624. The first kappa shape index (κ1) is 15.2. The fourth-order valence-corrected chi connectivity index (χ4v) is 3.51. The summed E-state index contributed by atoms with van der Waals surface area (Å²) >= 11 is 1.67. The molecule has 0 unspecified atom stereocenters. The minimum Gasteiger partial charge on any atom is -0.396 e. The molecule has 22 heavy (non-hydrogen) atoms. The van der Waals surface area contributed by atoms with Crippen molar-refractivity contribution in [2.75, 3.05) is 19.7 Å². The first-order valence-electron chi connectivity index (χ1n) is 7.41. The van der Waals surface area contributed by atoms with Crippen molar-refractivity contribution < 1.29 is 15.0 Å². The van der Waals surface area contributed by atoms with Crippen molar-refractivity contribution in [3.8, 4) is 10.4 Å². The quantitative estimate of drug-likeness (QED) is 0.912. The van der Waals surface area contributed by atoms with Crippen LogP contribution in [0, 0.1) is 5.92 Å². The third kappa shape index (κ3) is 3.06. The molecule has 1 aromatic heterocycles. The first-order valence-corrected chi connectivity index (χ1v) is 8.29. The average Bonchev–Trinajstić information content (AvgIpc) is 3.09. The highest BCUT2D eigenvalue weighted by Gasteiger charge is 2.29. The van der Waals surface area contributed by atoms with Crippen LogP contribution in [0.1, 0.15) is 16.8 Å². The van der Waals surface area contributed by atoms with Gasteiger partial charge in [0.25, 0.3) is 5.91 Å². The zero-order valence-corrected chi connectivity index (χ0v) is 13.0. The Hall–Kier alpha value is -1.69. The molecule has 0 spiro atoms. The van der Waals surface area contributed by atoms with E-state index in [2.05, 4.69) is 6.07 Å². The number of rotatable bonds is 3. The molecule has 0 bridgehead atoms. The van der Waals surface area contributed by atoms with E-state index in [4.69, 9.17) is 5.11 Å². The van der Waals surface area contributed by atoms with Gasteiger partial charge >= 0.3 is 0 Å². The molecular weight excluding hydrogens is 298 g/mol. The summed E-state index contributed by atoms with van der Waals surface area (Å²) in [6, 6.07) is 11.6. The SMILES string of the molecule is O=C(c1ccc(-c2cccs2)cc1)N1CC[C@H](CO)[C@H](O)C1. The summed E-state index contributed by atoms with van der Waals surface area (Å²) in [7, 11) is 0. The van der Waals surface area contributed by atoms with Gasteiger partial charge in [0, 0.05) is 36.1 Å². The van der Waals surface area contributed by atoms with E-state index in [0.717, 1.165) is 5.56 Å².